The van der Waals surface area contributed by atoms with Crippen LogP contribution in [-0.2, 0) is 9.59 Å². The second-order valence-corrected chi connectivity index (χ2v) is 4.34. The number of hydrogen-bond donors (Lipinski definition) is 2. The summed E-state index contributed by atoms with van der Waals surface area (Å²) in [5, 5.41) is 11.0. The van der Waals surface area contributed by atoms with Crippen molar-refractivity contribution in [3.8, 4) is 0 Å². The van der Waals surface area contributed by atoms with Crippen molar-refractivity contribution in [2.24, 2.45) is 5.92 Å². The number of aliphatic carboxylic acids is 1. The molecular weight excluding hydrogens is 328 g/mol. The molecule has 0 saturated heterocycles. The predicted molar refractivity (Wildman–Crippen MR) is 64.5 cm³/mol. The lowest BCUT2D eigenvalue weighted by atomic mass is 10.1. The molecule has 86 valence electrons. The summed E-state index contributed by atoms with van der Waals surface area (Å²) < 4.78 is 13.3. The number of halogens is 2. The molecule has 1 aromatic rings. The molecule has 0 saturated carbocycles. The van der Waals surface area contributed by atoms with E-state index in [-0.39, 0.29) is 0 Å². The second-order valence-electron chi connectivity index (χ2n) is 3.17. The fourth-order valence-electron chi connectivity index (χ4n) is 0.944. The van der Waals surface area contributed by atoms with Gasteiger partial charge in [0.25, 0.3) is 0 Å². The van der Waals surface area contributed by atoms with Gasteiger partial charge in [-0.2, -0.15) is 0 Å². The van der Waals surface area contributed by atoms with E-state index in [1.807, 2.05) is 22.6 Å². The highest BCUT2D eigenvalue weighted by atomic mass is 127. The monoisotopic (exact) mass is 337 g/mol. The Labute approximate surface area is 105 Å². The van der Waals surface area contributed by atoms with Crippen LogP contribution in [0.3, 0.4) is 0 Å². The van der Waals surface area contributed by atoms with Gasteiger partial charge in [-0.1, -0.05) is 0 Å². The summed E-state index contributed by atoms with van der Waals surface area (Å²) in [5.74, 6) is -3.37. The smallest absolute Gasteiger partial charge is 0.315 e. The molecule has 0 aromatic heterocycles. The SMILES string of the molecule is CC(C(=O)O)C(=O)Nc1ccc(F)cc1I. The molecule has 16 heavy (non-hydrogen) atoms. The molecule has 2 N–H and O–H groups in total. The zero-order chi connectivity index (χ0) is 12.3. The van der Waals surface area contributed by atoms with Crippen molar-refractivity contribution in [2.45, 2.75) is 6.92 Å². The third-order valence-corrected chi connectivity index (χ3v) is 2.85. The average Bonchev–Trinajstić information content (AvgIpc) is 2.20. The topological polar surface area (TPSA) is 66.4 Å². The molecular formula is C10H9FINO3. The van der Waals surface area contributed by atoms with E-state index in [4.69, 9.17) is 5.11 Å². The third-order valence-electron chi connectivity index (χ3n) is 1.95. The Bertz CT molecular complexity index is 436. The maximum Gasteiger partial charge on any atom is 0.315 e. The summed E-state index contributed by atoms with van der Waals surface area (Å²) in [6, 6.07) is 3.84. The van der Waals surface area contributed by atoms with Crippen molar-refractivity contribution >= 4 is 40.2 Å². The molecule has 0 aliphatic carbocycles. The van der Waals surface area contributed by atoms with E-state index in [0.29, 0.717) is 9.26 Å². The third kappa shape index (κ3) is 3.16. The number of carbonyl (C=O) groups excluding carboxylic acids is 1. The zero-order valence-corrected chi connectivity index (χ0v) is 10.5. The molecule has 0 bridgehead atoms. The number of benzene rings is 1. The van der Waals surface area contributed by atoms with Crippen molar-refractivity contribution in [1.82, 2.24) is 0 Å². The van der Waals surface area contributed by atoms with Gasteiger partial charge in [0.15, 0.2) is 0 Å². The summed E-state index contributed by atoms with van der Waals surface area (Å²) in [6.45, 7) is 1.29. The Morgan fingerprint density at radius 1 is 1.50 bits per heavy atom. The summed E-state index contributed by atoms with van der Waals surface area (Å²) >= 11 is 1.86. The van der Waals surface area contributed by atoms with Crippen molar-refractivity contribution < 1.29 is 19.1 Å². The van der Waals surface area contributed by atoms with Gasteiger partial charge in [0.1, 0.15) is 11.7 Å². The molecule has 1 rings (SSSR count). The Morgan fingerprint density at radius 2 is 2.12 bits per heavy atom. The van der Waals surface area contributed by atoms with Crippen LogP contribution >= 0.6 is 22.6 Å². The maximum atomic E-state index is 12.8. The van der Waals surface area contributed by atoms with E-state index in [1.54, 1.807) is 0 Å². The standard InChI is InChI=1S/C10H9FINO3/c1-5(10(15)16)9(14)13-8-3-2-6(11)4-7(8)12/h2-5H,1H3,(H,13,14)(H,15,16). The number of hydrogen-bond acceptors (Lipinski definition) is 2. The molecule has 0 aliphatic rings. The van der Waals surface area contributed by atoms with Crippen molar-refractivity contribution in [3.05, 3.63) is 27.6 Å². The zero-order valence-electron chi connectivity index (χ0n) is 8.33. The molecule has 0 aliphatic heterocycles. The van der Waals surface area contributed by atoms with Crippen LogP contribution in [0.5, 0.6) is 0 Å². The van der Waals surface area contributed by atoms with Gasteiger partial charge in [-0.05, 0) is 47.7 Å². The van der Waals surface area contributed by atoms with E-state index in [0.717, 1.165) is 0 Å². The van der Waals surface area contributed by atoms with Crippen LogP contribution in [0, 0.1) is 15.3 Å². The highest BCUT2D eigenvalue weighted by molar-refractivity contribution is 14.1. The Kier molecular flexibility index (Phi) is 4.22. The van der Waals surface area contributed by atoms with Crippen LogP contribution in [0.4, 0.5) is 10.1 Å². The van der Waals surface area contributed by atoms with Gasteiger partial charge in [-0.25, -0.2) is 4.39 Å². The summed E-state index contributed by atoms with van der Waals surface area (Å²) in [6.07, 6.45) is 0. The van der Waals surface area contributed by atoms with Crippen LogP contribution in [0.15, 0.2) is 18.2 Å². The largest absolute Gasteiger partial charge is 0.481 e. The quantitative estimate of drug-likeness (QED) is 0.656. The first-order valence-electron chi connectivity index (χ1n) is 4.40. The molecule has 1 aromatic carbocycles. The Balaban J connectivity index is 2.81. The highest BCUT2D eigenvalue weighted by Crippen LogP contribution is 2.19. The number of nitrogens with one attached hydrogen (secondary N) is 1. The highest BCUT2D eigenvalue weighted by Gasteiger charge is 2.20. The van der Waals surface area contributed by atoms with E-state index < -0.39 is 23.6 Å². The van der Waals surface area contributed by atoms with Crippen molar-refractivity contribution in [1.29, 1.82) is 0 Å². The van der Waals surface area contributed by atoms with Crippen molar-refractivity contribution in [3.63, 3.8) is 0 Å². The average molecular weight is 337 g/mol. The van der Waals surface area contributed by atoms with Crippen LogP contribution < -0.4 is 5.32 Å². The van der Waals surface area contributed by atoms with Crippen molar-refractivity contribution in [2.75, 3.05) is 5.32 Å². The molecule has 1 unspecified atom stereocenters. The lowest BCUT2D eigenvalue weighted by molar-refractivity contribution is -0.144. The Morgan fingerprint density at radius 3 is 2.62 bits per heavy atom. The Hall–Kier alpha value is -1.18. The van der Waals surface area contributed by atoms with E-state index in [2.05, 4.69) is 5.32 Å². The summed E-state index contributed by atoms with van der Waals surface area (Å²) in [7, 11) is 0. The molecule has 0 spiro atoms. The summed E-state index contributed by atoms with van der Waals surface area (Å²) in [4.78, 5) is 21.9. The fourth-order valence-corrected chi connectivity index (χ4v) is 1.56. The van der Waals surface area contributed by atoms with Crippen LogP contribution in [0.2, 0.25) is 0 Å². The minimum Gasteiger partial charge on any atom is -0.481 e. The predicted octanol–water partition coefficient (Wildman–Crippen LogP) is 2.09. The summed E-state index contributed by atoms with van der Waals surface area (Å²) in [5.41, 5.74) is 0.403. The molecule has 1 atom stereocenters. The first kappa shape index (κ1) is 12.9. The minimum atomic E-state index is -1.20. The first-order chi connectivity index (χ1) is 7.41. The van der Waals surface area contributed by atoms with E-state index in [9.17, 15) is 14.0 Å². The number of carboxylic acid groups (broad SMARTS) is 1. The van der Waals surface area contributed by atoms with Gasteiger partial charge >= 0.3 is 5.97 Å². The normalized spacial score (nSPS) is 11.9. The maximum absolute atomic E-state index is 12.8. The van der Waals surface area contributed by atoms with Gasteiger partial charge in [-0.15, -0.1) is 0 Å². The lowest BCUT2D eigenvalue weighted by Crippen LogP contribution is -2.27. The van der Waals surface area contributed by atoms with E-state index >= 15 is 0 Å². The number of rotatable bonds is 3. The molecule has 0 fully saturated rings. The number of anilines is 1. The molecule has 0 radical (unpaired) electrons. The van der Waals surface area contributed by atoms with Crippen LogP contribution in [0.1, 0.15) is 6.92 Å². The molecule has 4 nitrogen and oxygen atoms in total. The fraction of sp³-hybridized carbons (Fsp3) is 0.200. The van der Waals surface area contributed by atoms with Gasteiger partial charge < -0.3 is 10.4 Å². The number of carbonyl (C=O) groups is 2. The van der Waals surface area contributed by atoms with Gasteiger partial charge in [-0.3, -0.25) is 9.59 Å². The number of carboxylic acids is 1. The number of amides is 1. The second kappa shape index (κ2) is 5.24. The van der Waals surface area contributed by atoms with E-state index in [1.165, 1.54) is 25.1 Å². The molecule has 1 amide bonds. The molecule has 6 heteroatoms. The lowest BCUT2D eigenvalue weighted by Gasteiger charge is -2.09. The van der Waals surface area contributed by atoms with Crippen LogP contribution in [-0.4, -0.2) is 17.0 Å². The van der Waals surface area contributed by atoms with Crippen LogP contribution in [0.25, 0.3) is 0 Å². The van der Waals surface area contributed by atoms with Gasteiger partial charge in [0.05, 0.1) is 5.69 Å². The minimum absolute atomic E-state index is 0.403. The first-order valence-corrected chi connectivity index (χ1v) is 5.48. The van der Waals surface area contributed by atoms with Gasteiger partial charge in [0.2, 0.25) is 5.91 Å². The molecule has 0 heterocycles. The van der Waals surface area contributed by atoms with Gasteiger partial charge in [0, 0.05) is 3.57 Å².